The molecule has 0 spiro atoms. The van der Waals surface area contributed by atoms with Gasteiger partial charge in [-0.3, -0.25) is 4.79 Å². The Kier molecular flexibility index (Phi) is 4.87. The molecule has 2 N–H and O–H groups in total. The number of benzene rings is 1. The Labute approximate surface area is 124 Å². The van der Waals surface area contributed by atoms with Crippen molar-refractivity contribution in [1.82, 2.24) is 9.97 Å². The van der Waals surface area contributed by atoms with E-state index in [1.807, 2.05) is 31.2 Å². The average molecular weight is 284 g/mol. The summed E-state index contributed by atoms with van der Waals surface area (Å²) in [4.78, 5) is 20.3. The molecule has 0 fully saturated rings. The van der Waals surface area contributed by atoms with Crippen LogP contribution in [0.5, 0.6) is 0 Å². The molecule has 0 saturated heterocycles. The molecule has 0 radical (unpaired) electrons. The van der Waals surface area contributed by atoms with Crippen LogP contribution in [0.15, 0.2) is 36.7 Å². The van der Waals surface area contributed by atoms with Crippen molar-refractivity contribution in [2.75, 3.05) is 17.2 Å². The monoisotopic (exact) mass is 284 g/mol. The SMILES string of the molecule is Cc1cccc(NC(=O)c2cc(NCC(C)C)ncn2)c1. The van der Waals surface area contributed by atoms with Crippen LogP contribution in [0.4, 0.5) is 11.5 Å². The average Bonchev–Trinajstić information content (AvgIpc) is 2.45. The first-order chi connectivity index (χ1) is 10.0. The minimum atomic E-state index is -0.240. The smallest absolute Gasteiger partial charge is 0.274 e. The second-order valence-electron chi connectivity index (χ2n) is 5.39. The molecule has 1 aromatic heterocycles. The summed E-state index contributed by atoms with van der Waals surface area (Å²) in [7, 11) is 0. The van der Waals surface area contributed by atoms with E-state index in [1.54, 1.807) is 6.07 Å². The maximum atomic E-state index is 12.2. The standard InChI is InChI=1S/C16H20N4O/c1-11(2)9-17-15-8-14(18-10-19-15)16(21)20-13-6-4-5-12(3)7-13/h4-8,10-11H,9H2,1-3H3,(H,20,21)(H,17,18,19). The van der Waals surface area contributed by atoms with E-state index in [4.69, 9.17) is 0 Å². The molecule has 0 aliphatic carbocycles. The van der Waals surface area contributed by atoms with E-state index in [9.17, 15) is 4.79 Å². The number of amides is 1. The predicted octanol–water partition coefficient (Wildman–Crippen LogP) is 3.11. The number of nitrogens with one attached hydrogen (secondary N) is 2. The lowest BCUT2D eigenvalue weighted by atomic mass is 10.2. The van der Waals surface area contributed by atoms with Gasteiger partial charge in [-0.05, 0) is 30.5 Å². The molecule has 21 heavy (non-hydrogen) atoms. The molecule has 0 unspecified atom stereocenters. The van der Waals surface area contributed by atoms with Gasteiger partial charge >= 0.3 is 0 Å². The molecular weight excluding hydrogens is 264 g/mol. The van der Waals surface area contributed by atoms with Crippen LogP contribution in [0, 0.1) is 12.8 Å². The Bertz CT molecular complexity index is 625. The molecule has 0 bridgehead atoms. The maximum Gasteiger partial charge on any atom is 0.274 e. The van der Waals surface area contributed by atoms with Crippen LogP contribution in [0.1, 0.15) is 29.9 Å². The second-order valence-corrected chi connectivity index (χ2v) is 5.39. The van der Waals surface area contributed by atoms with Gasteiger partial charge in [-0.15, -0.1) is 0 Å². The molecule has 1 aromatic carbocycles. The van der Waals surface area contributed by atoms with Crippen molar-refractivity contribution in [2.45, 2.75) is 20.8 Å². The highest BCUT2D eigenvalue weighted by Crippen LogP contribution is 2.12. The largest absolute Gasteiger partial charge is 0.370 e. The maximum absolute atomic E-state index is 12.2. The number of rotatable bonds is 5. The van der Waals surface area contributed by atoms with E-state index in [1.165, 1.54) is 6.33 Å². The fraction of sp³-hybridized carbons (Fsp3) is 0.312. The van der Waals surface area contributed by atoms with Crippen LogP contribution in [0.25, 0.3) is 0 Å². The Hall–Kier alpha value is -2.43. The van der Waals surface area contributed by atoms with Crippen LogP contribution >= 0.6 is 0 Å². The number of aryl methyl sites for hydroxylation is 1. The molecule has 2 aromatic rings. The van der Waals surface area contributed by atoms with Crippen LogP contribution in [-0.4, -0.2) is 22.4 Å². The van der Waals surface area contributed by atoms with Gasteiger partial charge in [-0.2, -0.15) is 0 Å². The van der Waals surface area contributed by atoms with Gasteiger partial charge < -0.3 is 10.6 Å². The van der Waals surface area contributed by atoms with E-state index < -0.39 is 0 Å². The second kappa shape index (κ2) is 6.83. The zero-order valence-corrected chi connectivity index (χ0v) is 12.6. The van der Waals surface area contributed by atoms with Crippen LogP contribution in [-0.2, 0) is 0 Å². The fourth-order valence-electron chi connectivity index (χ4n) is 1.80. The lowest BCUT2D eigenvalue weighted by Gasteiger charge is -2.09. The van der Waals surface area contributed by atoms with Gasteiger partial charge in [-0.1, -0.05) is 26.0 Å². The molecule has 110 valence electrons. The van der Waals surface area contributed by atoms with Gasteiger partial charge in [-0.25, -0.2) is 9.97 Å². The van der Waals surface area contributed by atoms with Gasteiger partial charge in [0, 0.05) is 18.3 Å². The number of nitrogens with zero attached hydrogens (tertiary/aromatic N) is 2. The van der Waals surface area contributed by atoms with Crippen molar-refractivity contribution >= 4 is 17.4 Å². The van der Waals surface area contributed by atoms with Crippen molar-refractivity contribution in [3.8, 4) is 0 Å². The molecule has 0 aliphatic rings. The number of anilines is 2. The van der Waals surface area contributed by atoms with E-state index in [2.05, 4.69) is 34.4 Å². The first-order valence-electron chi connectivity index (χ1n) is 6.98. The molecule has 2 rings (SSSR count). The molecule has 5 nitrogen and oxygen atoms in total. The zero-order chi connectivity index (χ0) is 15.2. The van der Waals surface area contributed by atoms with Crippen molar-refractivity contribution in [3.05, 3.63) is 47.9 Å². The summed E-state index contributed by atoms with van der Waals surface area (Å²) in [5.41, 5.74) is 2.20. The lowest BCUT2D eigenvalue weighted by molar-refractivity contribution is 0.102. The number of hydrogen-bond donors (Lipinski definition) is 2. The summed E-state index contributed by atoms with van der Waals surface area (Å²) < 4.78 is 0. The number of carbonyl (C=O) groups excluding carboxylic acids is 1. The number of hydrogen-bond acceptors (Lipinski definition) is 4. The molecule has 0 saturated carbocycles. The third-order valence-electron chi connectivity index (χ3n) is 2.87. The fourth-order valence-corrected chi connectivity index (χ4v) is 1.80. The third-order valence-corrected chi connectivity index (χ3v) is 2.87. The minimum Gasteiger partial charge on any atom is -0.370 e. The van der Waals surface area contributed by atoms with Gasteiger partial charge in [0.25, 0.3) is 5.91 Å². The first kappa shape index (κ1) is 15.0. The predicted molar refractivity (Wildman–Crippen MR) is 84.5 cm³/mol. The molecule has 0 atom stereocenters. The van der Waals surface area contributed by atoms with Crippen LogP contribution < -0.4 is 10.6 Å². The highest BCUT2D eigenvalue weighted by molar-refractivity contribution is 6.03. The highest BCUT2D eigenvalue weighted by atomic mass is 16.1. The Morgan fingerprint density at radius 2 is 2.05 bits per heavy atom. The third kappa shape index (κ3) is 4.56. The van der Waals surface area contributed by atoms with E-state index in [0.29, 0.717) is 17.4 Å². The van der Waals surface area contributed by atoms with Crippen LogP contribution in [0.2, 0.25) is 0 Å². The summed E-state index contributed by atoms with van der Waals surface area (Å²) in [5, 5.41) is 6.02. The summed E-state index contributed by atoms with van der Waals surface area (Å²) in [6, 6.07) is 9.31. The number of carbonyl (C=O) groups is 1. The van der Waals surface area contributed by atoms with Gasteiger partial charge in [0.05, 0.1) is 0 Å². The van der Waals surface area contributed by atoms with E-state index >= 15 is 0 Å². The summed E-state index contributed by atoms with van der Waals surface area (Å²) in [5.74, 6) is 0.924. The Balaban J connectivity index is 2.07. The highest BCUT2D eigenvalue weighted by Gasteiger charge is 2.09. The Morgan fingerprint density at radius 1 is 1.24 bits per heavy atom. The molecule has 5 heteroatoms. The molecule has 1 heterocycles. The Morgan fingerprint density at radius 3 is 2.76 bits per heavy atom. The zero-order valence-electron chi connectivity index (χ0n) is 12.6. The first-order valence-corrected chi connectivity index (χ1v) is 6.98. The lowest BCUT2D eigenvalue weighted by Crippen LogP contribution is -2.15. The van der Waals surface area contributed by atoms with Gasteiger partial charge in [0.1, 0.15) is 17.8 Å². The van der Waals surface area contributed by atoms with E-state index in [-0.39, 0.29) is 5.91 Å². The molecule has 1 amide bonds. The molecule has 0 aliphatic heterocycles. The van der Waals surface area contributed by atoms with Crippen molar-refractivity contribution < 1.29 is 4.79 Å². The summed E-state index contributed by atoms with van der Waals surface area (Å²) in [6.45, 7) is 7.00. The van der Waals surface area contributed by atoms with E-state index in [0.717, 1.165) is 17.8 Å². The number of aromatic nitrogens is 2. The van der Waals surface area contributed by atoms with Gasteiger partial charge in [0.2, 0.25) is 0 Å². The van der Waals surface area contributed by atoms with Crippen molar-refractivity contribution in [2.24, 2.45) is 5.92 Å². The van der Waals surface area contributed by atoms with Crippen molar-refractivity contribution in [3.63, 3.8) is 0 Å². The summed E-state index contributed by atoms with van der Waals surface area (Å²) >= 11 is 0. The van der Waals surface area contributed by atoms with Crippen molar-refractivity contribution in [1.29, 1.82) is 0 Å². The van der Waals surface area contributed by atoms with Gasteiger partial charge in [0.15, 0.2) is 0 Å². The molecular formula is C16H20N4O. The normalized spacial score (nSPS) is 10.5. The topological polar surface area (TPSA) is 66.9 Å². The van der Waals surface area contributed by atoms with Crippen LogP contribution in [0.3, 0.4) is 0 Å². The quantitative estimate of drug-likeness (QED) is 0.885. The minimum absolute atomic E-state index is 0.240. The summed E-state index contributed by atoms with van der Waals surface area (Å²) in [6.07, 6.45) is 1.40.